The Labute approximate surface area is 141 Å². The van der Waals surface area contributed by atoms with Gasteiger partial charge in [0.25, 0.3) is 5.89 Å². The summed E-state index contributed by atoms with van der Waals surface area (Å²) in [6.07, 6.45) is 1.18. The van der Waals surface area contributed by atoms with Crippen LogP contribution < -0.4 is 5.43 Å². The molecular formula is C16H12Cl2N2O3. The third-order valence-corrected chi connectivity index (χ3v) is 5.41. The molecule has 2 heterocycles. The van der Waals surface area contributed by atoms with Crippen LogP contribution in [0.3, 0.4) is 0 Å². The average Bonchev–Trinajstić information content (AvgIpc) is 2.85. The number of rotatable bonds is 3. The van der Waals surface area contributed by atoms with Gasteiger partial charge >= 0.3 is 0 Å². The molecule has 0 aliphatic heterocycles. The first-order valence-electron chi connectivity index (χ1n) is 7.12. The molecule has 3 aromatic rings. The van der Waals surface area contributed by atoms with Crippen molar-refractivity contribution in [1.82, 2.24) is 10.1 Å². The lowest BCUT2D eigenvalue weighted by Gasteiger charge is -2.07. The molecule has 23 heavy (non-hydrogen) atoms. The van der Waals surface area contributed by atoms with Crippen LogP contribution in [0, 0.1) is 5.41 Å². The van der Waals surface area contributed by atoms with Gasteiger partial charge in [-0.3, -0.25) is 4.79 Å². The zero-order chi connectivity index (χ0) is 16.2. The first-order chi connectivity index (χ1) is 10.9. The van der Waals surface area contributed by atoms with Crippen molar-refractivity contribution in [2.45, 2.75) is 24.1 Å². The lowest BCUT2D eigenvalue weighted by atomic mass is 10.1. The summed E-state index contributed by atoms with van der Waals surface area (Å²) in [6.45, 7) is 1.97. The van der Waals surface area contributed by atoms with Gasteiger partial charge < -0.3 is 8.94 Å². The average molecular weight is 351 g/mol. The fraction of sp³-hybridized carbons (Fsp3) is 0.312. The highest BCUT2D eigenvalue weighted by atomic mass is 35.5. The largest absolute Gasteiger partial charge is 0.451 e. The van der Waals surface area contributed by atoms with Crippen molar-refractivity contribution in [2.24, 2.45) is 5.41 Å². The van der Waals surface area contributed by atoms with Crippen LogP contribution >= 0.6 is 23.2 Å². The lowest BCUT2D eigenvalue weighted by molar-refractivity contribution is 0.403. The van der Waals surface area contributed by atoms with Gasteiger partial charge in [-0.25, -0.2) is 0 Å². The van der Waals surface area contributed by atoms with E-state index in [-0.39, 0.29) is 22.5 Å². The van der Waals surface area contributed by atoms with E-state index < -0.39 is 4.33 Å². The number of alkyl halides is 2. The minimum absolute atomic E-state index is 0.156. The van der Waals surface area contributed by atoms with Crippen molar-refractivity contribution in [3.63, 3.8) is 0 Å². The molecule has 5 nitrogen and oxygen atoms in total. The van der Waals surface area contributed by atoms with Gasteiger partial charge in [0.1, 0.15) is 9.92 Å². The molecule has 0 saturated heterocycles. The van der Waals surface area contributed by atoms with Crippen LogP contribution in [0.5, 0.6) is 0 Å². The number of hydrogen-bond acceptors (Lipinski definition) is 5. The zero-order valence-electron chi connectivity index (χ0n) is 12.2. The van der Waals surface area contributed by atoms with E-state index >= 15 is 0 Å². The fourth-order valence-corrected chi connectivity index (χ4v) is 3.35. The second kappa shape index (κ2) is 4.82. The highest BCUT2D eigenvalue weighted by Gasteiger charge is 2.63. The first-order valence-corrected chi connectivity index (χ1v) is 7.87. The van der Waals surface area contributed by atoms with Crippen molar-refractivity contribution in [3.05, 3.63) is 46.4 Å². The molecule has 0 bridgehead atoms. The highest BCUT2D eigenvalue weighted by molar-refractivity contribution is 6.51. The summed E-state index contributed by atoms with van der Waals surface area (Å²) in [5.41, 5.74) is 0.0577. The molecule has 1 aliphatic rings. The zero-order valence-corrected chi connectivity index (χ0v) is 13.7. The Hall–Kier alpha value is -1.85. The molecule has 1 saturated carbocycles. The number of aromatic nitrogens is 2. The van der Waals surface area contributed by atoms with Crippen LogP contribution in [0.25, 0.3) is 22.6 Å². The summed E-state index contributed by atoms with van der Waals surface area (Å²) in [5, 5.41) is 4.44. The quantitative estimate of drug-likeness (QED) is 0.668. The summed E-state index contributed by atoms with van der Waals surface area (Å²) in [5.74, 6) is 0.903. The van der Waals surface area contributed by atoms with Crippen molar-refractivity contribution >= 4 is 34.2 Å². The molecule has 0 N–H and O–H groups in total. The van der Waals surface area contributed by atoms with E-state index in [4.69, 9.17) is 32.1 Å². The van der Waals surface area contributed by atoms with Gasteiger partial charge in [0.05, 0.1) is 5.39 Å². The standard InChI is InChI=1S/C16H12Cl2N2O3/c1-15(8-16(15,17)18)7-13-19-14(23-20-13)12-6-10(21)9-4-2-3-5-11(9)22-12/h2-6H,7-8H2,1H3. The molecule has 2 aromatic heterocycles. The van der Waals surface area contributed by atoms with Crippen molar-refractivity contribution in [2.75, 3.05) is 0 Å². The number of fused-ring (bicyclic) bond motifs is 1. The minimum Gasteiger partial charge on any atom is -0.451 e. The Bertz CT molecular complexity index is 963. The molecule has 1 aliphatic carbocycles. The maximum Gasteiger partial charge on any atom is 0.293 e. The topological polar surface area (TPSA) is 69.1 Å². The summed E-state index contributed by atoms with van der Waals surface area (Å²) in [4.78, 5) is 16.4. The molecule has 0 amide bonds. The van der Waals surface area contributed by atoms with E-state index in [0.717, 1.165) is 0 Å². The van der Waals surface area contributed by atoms with Crippen LogP contribution in [0.15, 0.2) is 44.1 Å². The fourth-order valence-electron chi connectivity index (χ4n) is 2.62. The Morgan fingerprint density at radius 2 is 2.04 bits per heavy atom. The number of hydrogen-bond donors (Lipinski definition) is 0. The summed E-state index contributed by atoms with van der Waals surface area (Å²) in [7, 11) is 0. The van der Waals surface area contributed by atoms with E-state index in [9.17, 15) is 4.79 Å². The Morgan fingerprint density at radius 1 is 1.30 bits per heavy atom. The molecule has 1 unspecified atom stereocenters. The van der Waals surface area contributed by atoms with E-state index in [0.29, 0.717) is 29.6 Å². The van der Waals surface area contributed by atoms with E-state index in [2.05, 4.69) is 10.1 Å². The van der Waals surface area contributed by atoms with Gasteiger partial charge in [-0.15, -0.1) is 23.2 Å². The molecular weight excluding hydrogens is 339 g/mol. The van der Waals surface area contributed by atoms with Gasteiger partial charge in [0.15, 0.2) is 17.0 Å². The van der Waals surface area contributed by atoms with Gasteiger partial charge in [-0.2, -0.15) is 4.98 Å². The van der Waals surface area contributed by atoms with Crippen LogP contribution in [-0.2, 0) is 6.42 Å². The van der Waals surface area contributed by atoms with E-state index in [1.165, 1.54) is 6.07 Å². The van der Waals surface area contributed by atoms with Crippen molar-refractivity contribution in [1.29, 1.82) is 0 Å². The molecule has 118 valence electrons. The molecule has 4 rings (SSSR count). The van der Waals surface area contributed by atoms with Gasteiger partial charge in [-0.05, 0) is 18.6 Å². The maximum atomic E-state index is 12.1. The summed E-state index contributed by atoms with van der Waals surface area (Å²) in [6, 6.07) is 8.36. The Morgan fingerprint density at radius 3 is 2.78 bits per heavy atom. The molecule has 0 spiro atoms. The predicted molar refractivity (Wildman–Crippen MR) is 86.6 cm³/mol. The number of para-hydroxylation sites is 1. The smallest absolute Gasteiger partial charge is 0.293 e. The van der Waals surface area contributed by atoms with Crippen LogP contribution in [0.1, 0.15) is 19.2 Å². The molecule has 1 atom stereocenters. The third kappa shape index (κ3) is 2.44. The minimum atomic E-state index is -0.747. The summed E-state index contributed by atoms with van der Waals surface area (Å²) >= 11 is 12.3. The second-order valence-corrected chi connectivity index (χ2v) is 7.59. The van der Waals surface area contributed by atoms with Gasteiger partial charge in [0.2, 0.25) is 0 Å². The second-order valence-electron chi connectivity index (χ2n) is 6.11. The van der Waals surface area contributed by atoms with Crippen LogP contribution in [0.2, 0.25) is 0 Å². The molecule has 7 heteroatoms. The van der Waals surface area contributed by atoms with Crippen LogP contribution in [-0.4, -0.2) is 14.5 Å². The van der Waals surface area contributed by atoms with Crippen LogP contribution in [0.4, 0.5) is 0 Å². The predicted octanol–water partition coefficient (Wildman–Crippen LogP) is 3.97. The molecule has 1 aromatic carbocycles. The lowest BCUT2D eigenvalue weighted by Crippen LogP contribution is -2.09. The van der Waals surface area contributed by atoms with Gasteiger partial charge in [0, 0.05) is 17.9 Å². The Kier molecular flexibility index (Phi) is 3.09. The third-order valence-electron chi connectivity index (χ3n) is 4.23. The van der Waals surface area contributed by atoms with Crippen molar-refractivity contribution in [3.8, 4) is 11.7 Å². The molecule has 1 fully saturated rings. The number of halogens is 2. The monoisotopic (exact) mass is 350 g/mol. The Balaban J connectivity index is 1.68. The first kappa shape index (κ1) is 14.7. The van der Waals surface area contributed by atoms with Gasteiger partial charge in [-0.1, -0.05) is 24.2 Å². The number of nitrogens with zero attached hydrogens (tertiary/aromatic N) is 2. The SMILES string of the molecule is CC1(Cc2noc(-c3cc(=O)c4ccccc4o3)n2)CC1(Cl)Cl. The van der Waals surface area contributed by atoms with Crippen molar-refractivity contribution < 1.29 is 8.94 Å². The molecule has 0 radical (unpaired) electrons. The van der Waals surface area contributed by atoms with E-state index in [1.54, 1.807) is 24.3 Å². The highest BCUT2D eigenvalue weighted by Crippen LogP contribution is 2.64. The number of benzene rings is 1. The summed E-state index contributed by atoms with van der Waals surface area (Å²) < 4.78 is 10.2. The maximum absolute atomic E-state index is 12.1. The normalized spacial score (nSPS) is 22.4. The van der Waals surface area contributed by atoms with E-state index in [1.807, 2.05) is 6.92 Å².